The average Bonchev–Trinajstić information content (AvgIpc) is 2.86. The molecule has 2 N–H and O–H groups in total. The van der Waals surface area contributed by atoms with Gasteiger partial charge in [-0.1, -0.05) is 12.1 Å². The first-order valence-electron chi connectivity index (χ1n) is 6.98. The Hall–Kier alpha value is -1.66. The van der Waals surface area contributed by atoms with Crippen LogP contribution in [0.3, 0.4) is 0 Å². The number of amides is 1. The number of carboxylic acids is 1. The highest BCUT2D eigenvalue weighted by Gasteiger charge is 2.24. The van der Waals surface area contributed by atoms with E-state index in [4.69, 9.17) is 5.11 Å². The number of halogens is 2. The number of carbonyl (C=O) groups excluding carboxylic acids is 1. The van der Waals surface area contributed by atoms with Gasteiger partial charge in [0.05, 0.1) is 6.54 Å². The molecule has 0 radical (unpaired) electrons. The Labute approximate surface area is 134 Å². The number of hydrogen-bond acceptors (Lipinski definition) is 3. The molecule has 1 aromatic carbocycles. The lowest BCUT2D eigenvalue weighted by atomic mass is 9.99. The second-order valence-corrected chi connectivity index (χ2v) is 5.39. The van der Waals surface area contributed by atoms with Crippen LogP contribution in [0.25, 0.3) is 0 Å². The molecular weight excluding hydrogens is 311 g/mol. The summed E-state index contributed by atoms with van der Waals surface area (Å²) in [6, 6.07) is 6.50. The van der Waals surface area contributed by atoms with Crippen LogP contribution in [0.5, 0.6) is 0 Å². The third-order valence-electron chi connectivity index (χ3n) is 3.61. The maximum atomic E-state index is 12.8. The van der Waals surface area contributed by atoms with Crippen LogP contribution >= 0.6 is 12.4 Å². The normalized spacial score (nSPS) is 17.8. The van der Waals surface area contributed by atoms with Crippen molar-refractivity contribution >= 4 is 24.3 Å². The Morgan fingerprint density at radius 3 is 2.64 bits per heavy atom. The van der Waals surface area contributed by atoms with Crippen LogP contribution in [0.15, 0.2) is 24.3 Å². The highest BCUT2D eigenvalue weighted by atomic mass is 35.5. The second kappa shape index (κ2) is 8.70. The van der Waals surface area contributed by atoms with E-state index in [2.05, 4.69) is 5.32 Å². The van der Waals surface area contributed by atoms with Crippen molar-refractivity contribution in [2.75, 3.05) is 26.2 Å². The minimum Gasteiger partial charge on any atom is -0.480 e. The molecule has 1 unspecified atom stereocenters. The largest absolute Gasteiger partial charge is 0.480 e. The van der Waals surface area contributed by atoms with Crippen molar-refractivity contribution in [2.24, 2.45) is 5.92 Å². The molecule has 0 saturated carbocycles. The molecule has 1 heterocycles. The van der Waals surface area contributed by atoms with Gasteiger partial charge in [0.1, 0.15) is 12.4 Å². The minimum absolute atomic E-state index is 0. The van der Waals surface area contributed by atoms with Gasteiger partial charge in [0, 0.05) is 6.54 Å². The molecule has 5 nitrogen and oxygen atoms in total. The first-order chi connectivity index (χ1) is 10.0. The fourth-order valence-electron chi connectivity index (χ4n) is 2.61. The molecule has 1 atom stereocenters. The zero-order valence-electron chi connectivity index (χ0n) is 12.1. The third kappa shape index (κ3) is 5.99. The van der Waals surface area contributed by atoms with Gasteiger partial charge < -0.3 is 10.4 Å². The molecule has 0 spiro atoms. The highest BCUT2D eigenvalue weighted by Crippen LogP contribution is 2.20. The van der Waals surface area contributed by atoms with Gasteiger partial charge in [0.2, 0.25) is 5.91 Å². The van der Waals surface area contributed by atoms with Gasteiger partial charge in [-0.3, -0.25) is 14.5 Å². The van der Waals surface area contributed by atoms with Crippen LogP contribution in [-0.4, -0.2) is 48.1 Å². The summed E-state index contributed by atoms with van der Waals surface area (Å²) in [5.41, 5.74) is 1.10. The summed E-state index contributed by atoms with van der Waals surface area (Å²) < 4.78 is 12.8. The van der Waals surface area contributed by atoms with E-state index in [0.29, 0.717) is 5.92 Å². The first kappa shape index (κ1) is 18.4. The monoisotopic (exact) mass is 330 g/mol. The summed E-state index contributed by atoms with van der Waals surface area (Å²) in [4.78, 5) is 23.9. The van der Waals surface area contributed by atoms with E-state index in [1.807, 2.05) is 4.90 Å². The fourth-order valence-corrected chi connectivity index (χ4v) is 2.61. The quantitative estimate of drug-likeness (QED) is 0.825. The number of nitrogens with one attached hydrogen (secondary N) is 1. The number of carbonyl (C=O) groups is 2. The smallest absolute Gasteiger partial charge is 0.322 e. The summed E-state index contributed by atoms with van der Waals surface area (Å²) in [7, 11) is 0. The lowest BCUT2D eigenvalue weighted by molar-refractivity contribution is -0.138. The van der Waals surface area contributed by atoms with Crippen molar-refractivity contribution in [2.45, 2.75) is 12.8 Å². The number of benzene rings is 1. The van der Waals surface area contributed by atoms with Gasteiger partial charge in [0.15, 0.2) is 0 Å². The van der Waals surface area contributed by atoms with Crippen molar-refractivity contribution in [3.63, 3.8) is 0 Å². The van der Waals surface area contributed by atoms with E-state index in [1.165, 1.54) is 12.1 Å². The van der Waals surface area contributed by atoms with E-state index in [0.717, 1.165) is 31.5 Å². The zero-order chi connectivity index (χ0) is 15.2. The van der Waals surface area contributed by atoms with Crippen molar-refractivity contribution in [1.29, 1.82) is 0 Å². The Kier molecular flexibility index (Phi) is 7.27. The van der Waals surface area contributed by atoms with E-state index in [9.17, 15) is 14.0 Å². The summed E-state index contributed by atoms with van der Waals surface area (Å²) in [6.45, 7) is 1.52. The maximum Gasteiger partial charge on any atom is 0.322 e. The van der Waals surface area contributed by atoms with E-state index in [1.54, 1.807) is 12.1 Å². The SMILES string of the molecule is Cl.O=C(O)CNC(=O)CN1CCC(Cc2ccc(F)cc2)C1. The predicted octanol–water partition coefficient (Wildman–Crippen LogP) is 1.31. The number of rotatable bonds is 6. The molecular formula is C15H20ClFN2O3. The molecule has 0 aromatic heterocycles. The topological polar surface area (TPSA) is 69.6 Å². The van der Waals surface area contributed by atoms with Gasteiger partial charge in [-0.15, -0.1) is 12.4 Å². The molecule has 122 valence electrons. The number of likely N-dealkylation sites (tertiary alicyclic amines) is 1. The molecule has 0 bridgehead atoms. The predicted molar refractivity (Wildman–Crippen MR) is 82.5 cm³/mol. The number of hydrogen-bond donors (Lipinski definition) is 2. The Morgan fingerprint density at radius 1 is 1.32 bits per heavy atom. The lowest BCUT2D eigenvalue weighted by Gasteiger charge is -2.15. The van der Waals surface area contributed by atoms with Crippen LogP contribution < -0.4 is 5.32 Å². The minimum atomic E-state index is -1.04. The van der Waals surface area contributed by atoms with Crippen LogP contribution in [0.1, 0.15) is 12.0 Å². The van der Waals surface area contributed by atoms with Crippen LogP contribution in [0.2, 0.25) is 0 Å². The van der Waals surface area contributed by atoms with E-state index < -0.39 is 5.97 Å². The average molecular weight is 331 g/mol. The van der Waals surface area contributed by atoms with Gasteiger partial charge in [-0.05, 0) is 43.0 Å². The maximum absolute atomic E-state index is 12.8. The van der Waals surface area contributed by atoms with E-state index >= 15 is 0 Å². The molecule has 0 aliphatic carbocycles. The summed E-state index contributed by atoms with van der Waals surface area (Å²) in [5.74, 6) is -1.09. The third-order valence-corrected chi connectivity index (χ3v) is 3.61. The van der Waals surface area contributed by atoms with Crippen molar-refractivity contribution < 1.29 is 19.1 Å². The van der Waals surface area contributed by atoms with Crippen molar-refractivity contribution in [3.05, 3.63) is 35.6 Å². The Morgan fingerprint density at radius 2 is 2.00 bits per heavy atom. The molecule has 1 saturated heterocycles. The molecule has 1 fully saturated rings. The van der Waals surface area contributed by atoms with Gasteiger partial charge >= 0.3 is 5.97 Å². The fraction of sp³-hybridized carbons (Fsp3) is 0.467. The lowest BCUT2D eigenvalue weighted by Crippen LogP contribution is -2.38. The van der Waals surface area contributed by atoms with Gasteiger partial charge in [0.25, 0.3) is 0 Å². The van der Waals surface area contributed by atoms with Gasteiger partial charge in [-0.2, -0.15) is 0 Å². The molecule has 1 aliphatic rings. The number of carboxylic acid groups (broad SMARTS) is 1. The van der Waals surface area contributed by atoms with E-state index in [-0.39, 0.29) is 37.2 Å². The molecule has 1 amide bonds. The second-order valence-electron chi connectivity index (χ2n) is 5.39. The number of nitrogens with zero attached hydrogens (tertiary/aromatic N) is 1. The van der Waals surface area contributed by atoms with Crippen molar-refractivity contribution in [3.8, 4) is 0 Å². The first-order valence-corrected chi connectivity index (χ1v) is 6.98. The van der Waals surface area contributed by atoms with Crippen LogP contribution in [0.4, 0.5) is 4.39 Å². The molecule has 7 heteroatoms. The Bertz CT molecular complexity index is 510. The standard InChI is InChI=1S/C15H19FN2O3.ClH/c16-13-3-1-11(2-4-13)7-12-5-6-18(9-12)10-14(19)17-8-15(20)21;/h1-4,12H,5-10H2,(H,17,19)(H,20,21);1H. The van der Waals surface area contributed by atoms with Crippen molar-refractivity contribution in [1.82, 2.24) is 10.2 Å². The summed E-state index contributed by atoms with van der Waals surface area (Å²) in [5, 5.41) is 10.9. The van der Waals surface area contributed by atoms with Crippen LogP contribution in [0, 0.1) is 11.7 Å². The molecule has 1 aromatic rings. The highest BCUT2D eigenvalue weighted by molar-refractivity contribution is 5.85. The molecule has 2 rings (SSSR count). The van der Waals surface area contributed by atoms with Crippen LogP contribution in [-0.2, 0) is 16.0 Å². The number of aliphatic carboxylic acids is 1. The molecule has 22 heavy (non-hydrogen) atoms. The summed E-state index contributed by atoms with van der Waals surface area (Å²) >= 11 is 0. The molecule has 1 aliphatic heterocycles. The zero-order valence-corrected chi connectivity index (χ0v) is 12.9. The van der Waals surface area contributed by atoms with Gasteiger partial charge in [-0.25, -0.2) is 4.39 Å². The Balaban J connectivity index is 0.00000242. The summed E-state index contributed by atoms with van der Waals surface area (Å²) in [6.07, 6.45) is 1.86.